The molecule has 0 aromatic heterocycles. The molecule has 0 aliphatic carbocycles. The fourth-order valence-electron chi connectivity index (χ4n) is 5.35. The van der Waals surface area contributed by atoms with Crippen LogP contribution in [0.4, 0.5) is 0 Å². The number of rotatable bonds is 9. The van der Waals surface area contributed by atoms with E-state index in [9.17, 15) is 14.7 Å². The minimum Gasteiger partial charge on any atom is -0.468 e. The number of allylic oxidation sites excluding steroid dienone is 1. The molecule has 34 heavy (non-hydrogen) atoms. The smallest absolute Gasteiger partial charge is 0.316 e. The third-order valence-corrected chi connectivity index (χ3v) is 8.59. The second-order valence-electron chi connectivity index (χ2n) is 9.47. The molecule has 0 saturated carbocycles. The van der Waals surface area contributed by atoms with Crippen molar-refractivity contribution in [3.63, 3.8) is 0 Å². The highest BCUT2D eigenvalue weighted by Gasteiger charge is 2.59. The number of alkyl halides is 1. The molecular formula is C23H32ClIO8S. The van der Waals surface area contributed by atoms with Crippen LogP contribution in [0.25, 0.3) is 0 Å². The molecule has 1 N–H and O–H groups in total. The van der Waals surface area contributed by atoms with Gasteiger partial charge in [0.1, 0.15) is 12.2 Å². The van der Waals surface area contributed by atoms with Crippen LogP contribution in [-0.4, -0.2) is 82.9 Å². The summed E-state index contributed by atoms with van der Waals surface area (Å²) in [7, 11) is 1.30. The molecule has 9 atom stereocenters. The molecular weight excluding hydrogens is 599 g/mol. The number of methoxy groups -OCH3 is 1. The largest absolute Gasteiger partial charge is 0.468 e. The predicted octanol–water partition coefficient (Wildman–Crippen LogP) is 3.49. The second kappa shape index (κ2) is 11.6. The molecule has 8 nitrogen and oxygen atoms in total. The fourth-order valence-corrected chi connectivity index (χ4v) is 7.14. The van der Waals surface area contributed by atoms with E-state index in [4.69, 9.17) is 30.5 Å². The van der Waals surface area contributed by atoms with Crippen molar-refractivity contribution >= 4 is 57.0 Å². The average Bonchev–Trinajstić information content (AvgIpc) is 3.05. The third kappa shape index (κ3) is 6.48. The molecule has 0 aromatic rings. The van der Waals surface area contributed by atoms with E-state index in [1.54, 1.807) is 0 Å². The normalized spacial score (nSPS) is 39.6. The highest BCUT2D eigenvalue weighted by atomic mass is 127. The summed E-state index contributed by atoms with van der Waals surface area (Å²) >= 11 is 9.63. The van der Waals surface area contributed by atoms with Crippen molar-refractivity contribution in [1.29, 1.82) is 0 Å². The third-order valence-electron chi connectivity index (χ3n) is 6.91. The summed E-state index contributed by atoms with van der Waals surface area (Å²) in [5.74, 6) is -1.35. The molecule has 0 spiro atoms. The molecule has 3 unspecified atom stereocenters. The Bertz CT molecular complexity index is 786. The second-order valence-corrected chi connectivity index (χ2v) is 12.6. The lowest BCUT2D eigenvalue weighted by Crippen LogP contribution is -2.58. The highest BCUT2D eigenvalue weighted by molar-refractivity contribution is 14.1. The molecule has 11 heteroatoms. The number of hydrogen-bond acceptors (Lipinski definition) is 9. The topological polar surface area (TPSA) is 101 Å². The molecule has 4 rings (SSSR count). The Balaban J connectivity index is 1.39. The van der Waals surface area contributed by atoms with Crippen LogP contribution in [0.15, 0.2) is 10.2 Å². The number of hydrogen-bond donors (Lipinski definition) is 1. The van der Waals surface area contributed by atoms with Crippen LogP contribution >= 0.6 is 46.0 Å². The summed E-state index contributed by atoms with van der Waals surface area (Å²) in [4.78, 5) is 23.6. The SMILES string of the molecule is C=C(I)C[C@H](Cl)CC[C@]12CC(O)C(O1)C1C[C@@H](O2)[C@H]2O[C@@H](CC(=O)SCC(=O)OC)CC[C@@H]2O1. The van der Waals surface area contributed by atoms with Gasteiger partial charge in [0, 0.05) is 31.1 Å². The Morgan fingerprint density at radius 3 is 2.76 bits per heavy atom. The molecule has 4 bridgehead atoms. The van der Waals surface area contributed by atoms with E-state index in [1.165, 1.54) is 7.11 Å². The van der Waals surface area contributed by atoms with Crippen molar-refractivity contribution in [2.45, 2.75) is 105 Å². The van der Waals surface area contributed by atoms with Gasteiger partial charge < -0.3 is 28.8 Å². The van der Waals surface area contributed by atoms with Gasteiger partial charge in [-0.15, -0.1) is 11.6 Å². The van der Waals surface area contributed by atoms with Gasteiger partial charge in [-0.3, -0.25) is 9.59 Å². The maximum absolute atomic E-state index is 12.3. The van der Waals surface area contributed by atoms with Crippen molar-refractivity contribution < 1.29 is 38.4 Å². The lowest BCUT2D eigenvalue weighted by molar-refractivity contribution is -0.276. The summed E-state index contributed by atoms with van der Waals surface area (Å²) < 4.78 is 31.2. The zero-order valence-electron chi connectivity index (χ0n) is 19.2. The number of thioether (sulfide) groups is 1. The monoisotopic (exact) mass is 630 g/mol. The Hall–Kier alpha value is 0.0500. The van der Waals surface area contributed by atoms with E-state index in [2.05, 4.69) is 33.9 Å². The zero-order chi connectivity index (χ0) is 24.5. The Kier molecular flexibility index (Phi) is 9.26. The number of carbonyl (C=O) groups is 2. The molecule has 4 aliphatic heterocycles. The van der Waals surface area contributed by atoms with E-state index < -0.39 is 24.0 Å². The van der Waals surface area contributed by atoms with E-state index in [0.717, 1.165) is 21.8 Å². The standard InChI is InChI=1S/C23H32ClIO8S/c1-12(25)7-13(24)5-6-23-10-15(26)21(33-23)17-9-18(32-23)22-16(31-17)4-3-14(30-22)8-20(28)34-11-19(27)29-2/h13-18,21-22,26H,1,3-11H2,2H3/t13-,14-,15?,16+,17?,18-,21?,22+,23-/m1/s1. The minimum atomic E-state index is -0.927. The summed E-state index contributed by atoms with van der Waals surface area (Å²) in [6.45, 7) is 3.92. The maximum atomic E-state index is 12.3. The molecule has 4 aliphatic rings. The van der Waals surface area contributed by atoms with E-state index >= 15 is 0 Å². The summed E-state index contributed by atoms with van der Waals surface area (Å²) in [6.07, 6.45) is 2.15. The first kappa shape index (κ1) is 27.1. The number of carbonyl (C=O) groups excluding carboxylic acids is 2. The quantitative estimate of drug-likeness (QED) is 0.233. The van der Waals surface area contributed by atoms with Gasteiger partial charge in [0.15, 0.2) is 10.9 Å². The van der Waals surface area contributed by atoms with Crippen LogP contribution in [0, 0.1) is 0 Å². The number of ether oxygens (including phenoxy) is 5. The van der Waals surface area contributed by atoms with Crippen molar-refractivity contribution in [2.24, 2.45) is 0 Å². The van der Waals surface area contributed by atoms with Gasteiger partial charge in [-0.1, -0.05) is 18.3 Å². The van der Waals surface area contributed by atoms with Gasteiger partial charge in [-0.2, -0.15) is 0 Å². The molecule has 0 aromatic carbocycles. The minimum absolute atomic E-state index is 0.000674. The van der Waals surface area contributed by atoms with Crippen LogP contribution in [0.1, 0.15) is 51.4 Å². The van der Waals surface area contributed by atoms with Crippen molar-refractivity contribution in [2.75, 3.05) is 12.9 Å². The van der Waals surface area contributed by atoms with E-state index in [1.807, 2.05) is 0 Å². The summed E-state index contributed by atoms with van der Waals surface area (Å²) in [6, 6.07) is 0. The van der Waals surface area contributed by atoms with Gasteiger partial charge in [0.25, 0.3) is 0 Å². The molecule has 4 saturated heterocycles. The lowest BCUT2D eigenvalue weighted by atomic mass is 9.86. The molecule has 0 radical (unpaired) electrons. The van der Waals surface area contributed by atoms with Crippen molar-refractivity contribution in [3.8, 4) is 0 Å². The Morgan fingerprint density at radius 2 is 2.03 bits per heavy atom. The van der Waals surface area contributed by atoms with Gasteiger partial charge in [-0.25, -0.2) is 0 Å². The average molecular weight is 631 g/mol. The number of aliphatic hydroxyl groups excluding tert-OH is 1. The summed E-state index contributed by atoms with van der Waals surface area (Å²) in [5, 5.41) is 10.5. The van der Waals surface area contributed by atoms with Gasteiger partial charge in [0.05, 0.1) is 43.4 Å². The maximum Gasteiger partial charge on any atom is 0.316 e. The van der Waals surface area contributed by atoms with E-state index in [0.29, 0.717) is 38.5 Å². The molecule has 4 heterocycles. The number of halogens is 2. The van der Waals surface area contributed by atoms with E-state index in [-0.39, 0.29) is 53.2 Å². The van der Waals surface area contributed by atoms with Crippen LogP contribution in [0.2, 0.25) is 0 Å². The Morgan fingerprint density at radius 1 is 1.24 bits per heavy atom. The Labute approximate surface area is 222 Å². The number of fused-ring (bicyclic) bond motifs is 7. The molecule has 192 valence electrons. The van der Waals surface area contributed by atoms with Crippen molar-refractivity contribution in [1.82, 2.24) is 0 Å². The number of esters is 1. The zero-order valence-corrected chi connectivity index (χ0v) is 22.9. The first-order chi connectivity index (χ1) is 16.2. The number of aliphatic hydroxyl groups is 1. The van der Waals surface area contributed by atoms with Gasteiger partial charge in [0.2, 0.25) is 0 Å². The highest BCUT2D eigenvalue weighted by Crippen LogP contribution is 2.48. The van der Waals surface area contributed by atoms with Crippen LogP contribution < -0.4 is 0 Å². The lowest BCUT2D eigenvalue weighted by Gasteiger charge is -2.47. The van der Waals surface area contributed by atoms with Crippen LogP contribution in [0.3, 0.4) is 0 Å². The summed E-state index contributed by atoms with van der Waals surface area (Å²) in [5.41, 5.74) is 0. The first-order valence-electron chi connectivity index (χ1n) is 11.7. The van der Waals surface area contributed by atoms with Gasteiger partial charge >= 0.3 is 5.97 Å². The first-order valence-corrected chi connectivity index (χ1v) is 14.2. The molecule has 0 amide bonds. The molecule has 4 fully saturated rings. The van der Waals surface area contributed by atoms with Gasteiger partial charge in [-0.05, 0) is 51.9 Å². The van der Waals surface area contributed by atoms with Crippen LogP contribution in [0.5, 0.6) is 0 Å². The predicted molar refractivity (Wildman–Crippen MR) is 135 cm³/mol. The van der Waals surface area contributed by atoms with Crippen LogP contribution in [-0.2, 0) is 33.3 Å². The fraction of sp³-hybridized carbons (Fsp3) is 0.826. The van der Waals surface area contributed by atoms with Crippen molar-refractivity contribution in [3.05, 3.63) is 10.2 Å².